The average molecular weight is 414 g/mol. The molecule has 0 aliphatic carbocycles. The van der Waals surface area contributed by atoms with Crippen molar-refractivity contribution in [2.75, 3.05) is 14.2 Å². The summed E-state index contributed by atoms with van der Waals surface area (Å²) in [5.41, 5.74) is 2.09. The summed E-state index contributed by atoms with van der Waals surface area (Å²) in [6.07, 6.45) is 0. The molecule has 0 bridgehead atoms. The van der Waals surface area contributed by atoms with Gasteiger partial charge in [-0.05, 0) is 41.1 Å². The van der Waals surface area contributed by atoms with Gasteiger partial charge < -0.3 is 9.47 Å². The van der Waals surface area contributed by atoms with Gasteiger partial charge in [-0.2, -0.15) is 0 Å². The zero-order valence-corrected chi connectivity index (χ0v) is 15.0. The molecular formula is C16H14Br2O3. The molecular weight excluding hydrogens is 400 g/mol. The van der Waals surface area contributed by atoms with Crippen molar-refractivity contribution in [2.45, 2.75) is 6.92 Å². The van der Waals surface area contributed by atoms with Crippen molar-refractivity contribution < 1.29 is 14.3 Å². The minimum Gasteiger partial charge on any atom is -0.497 e. The Kier molecular flexibility index (Phi) is 5.06. The van der Waals surface area contributed by atoms with Crippen LogP contribution in [0.1, 0.15) is 21.5 Å². The topological polar surface area (TPSA) is 35.5 Å². The smallest absolute Gasteiger partial charge is 0.199 e. The van der Waals surface area contributed by atoms with Gasteiger partial charge in [0.15, 0.2) is 5.78 Å². The maximum atomic E-state index is 12.8. The van der Waals surface area contributed by atoms with Gasteiger partial charge in [0.1, 0.15) is 11.5 Å². The number of methoxy groups -OCH3 is 2. The molecule has 0 N–H and O–H groups in total. The first-order chi connectivity index (χ1) is 9.97. The zero-order valence-electron chi connectivity index (χ0n) is 11.9. The molecule has 2 rings (SSSR count). The van der Waals surface area contributed by atoms with Crippen molar-refractivity contribution in [2.24, 2.45) is 0 Å². The maximum absolute atomic E-state index is 12.8. The molecule has 0 heterocycles. The van der Waals surface area contributed by atoms with Crippen LogP contribution in [0, 0.1) is 6.92 Å². The van der Waals surface area contributed by atoms with E-state index in [1.54, 1.807) is 19.2 Å². The molecule has 0 amide bonds. The molecule has 3 nitrogen and oxygen atoms in total. The van der Waals surface area contributed by atoms with Gasteiger partial charge in [0.05, 0.1) is 19.8 Å². The summed E-state index contributed by atoms with van der Waals surface area (Å²) in [5.74, 6) is 0.982. The van der Waals surface area contributed by atoms with E-state index in [-0.39, 0.29) is 5.78 Å². The van der Waals surface area contributed by atoms with Crippen LogP contribution in [0.3, 0.4) is 0 Å². The lowest BCUT2D eigenvalue weighted by molar-refractivity contribution is 0.103. The second-order valence-corrected chi connectivity index (χ2v) is 6.21. The Hall–Kier alpha value is -1.33. The van der Waals surface area contributed by atoms with Crippen LogP contribution < -0.4 is 9.47 Å². The quantitative estimate of drug-likeness (QED) is 0.677. The molecule has 0 radical (unpaired) electrons. The Bertz CT molecular complexity index is 696. The van der Waals surface area contributed by atoms with Gasteiger partial charge in [-0.1, -0.05) is 27.6 Å². The summed E-state index contributed by atoms with van der Waals surface area (Å²) in [5, 5.41) is 0. The highest BCUT2D eigenvalue weighted by atomic mass is 79.9. The van der Waals surface area contributed by atoms with Crippen LogP contribution in [0.5, 0.6) is 11.5 Å². The summed E-state index contributed by atoms with van der Waals surface area (Å²) >= 11 is 6.85. The molecule has 2 aromatic carbocycles. The minimum atomic E-state index is -0.114. The lowest BCUT2D eigenvalue weighted by Crippen LogP contribution is -2.07. The first kappa shape index (κ1) is 16.0. The third-order valence-electron chi connectivity index (χ3n) is 3.08. The molecule has 0 aliphatic rings. The molecule has 0 atom stereocenters. The van der Waals surface area contributed by atoms with Gasteiger partial charge in [-0.3, -0.25) is 4.79 Å². The fourth-order valence-electron chi connectivity index (χ4n) is 2.00. The molecule has 0 unspecified atom stereocenters. The average Bonchev–Trinajstić information content (AvgIpc) is 2.48. The number of rotatable bonds is 4. The highest BCUT2D eigenvalue weighted by Crippen LogP contribution is 2.35. The lowest BCUT2D eigenvalue weighted by Gasteiger charge is -2.13. The first-order valence-electron chi connectivity index (χ1n) is 6.20. The number of carbonyl (C=O) groups is 1. The van der Waals surface area contributed by atoms with Gasteiger partial charge in [0.2, 0.25) is 0 Å². The second kappa shape index (κ2) is 6.62. The van der Waals surface area contributed by atoms with Crippen molar-refractivity contribution in [3.8, 4) is 11.5 Å². The number of hydrogen-bond acceptors (Lipinski definition) is 3. The third-order valence-corrected chi connectivity index (χ3v) is 4.39. The zero-order chi connectivity index (χ0) is 15.6. The fourth-order valence-corrected chi connectivity index (χ4v) is 3.03. The van der Waals surface area contributed by atoms with Crippen molar-refractivity contribution >= 4 is 37.6 Å². The normalized spacial score (nSPS) is 10.3. The van der Waals surface area contributed by atoms with Gasteiger partial charge in [0, 0.05) is 20.6 Å². The lowest BCUT2D eigenvalue weighted by atomic mass is 10.0. The molecule has 5 heteroatoms. The Labute approximate surface area is 140 Å². The molecule has 21 heavy (non-hydrogen) atoms. The van der Waals surface area contributed by atoms with E-state index in [2.05, 4.69) is 31.9 Å². The summed E-state index contributed by atoms with van der Waals surface area (Å²) in [7, 11) is 3.10. The predicted octanol–water partition coefficient (Wildman–Crippen LogP) is 4.77. The van der Waals surface area contributed by atoms with Crippen LogP contribution in [-0.2, 0) is 0 Å². The largest absolute Gasteiger partial charge is 0.497 e. The molecule has 110 valence electrons. The summed E-state index contributed by atoms with van der Waals surface area (Å²) in [4.78, 5) is 12.8. The molecule has 0 aliphatic heterocycles. The Morgan fingerprint density at radius 3 is 2.33 bits per heavy atom. The SMILES string of the molecule is COc1cc(Br)c(C(=O)c2cc(C)ccc2Br)c(OC)c1. The van der Waals surface area contributed by atoms with Crippen molar-refractivity contribution in [1.29, 1.82) is 0 Å². The van der Waals surface area contributed by atoms with E-state index in [1.165, 1.54) is 7.11 Å². The fraction of sp³-hybridized carbons (Fsp3) is 0.188. The van der Waals surface area contributed by atoms with Crippen molar-refractivity contribution in [3.63, 3.8) is 0 Å². The third kappa shape index (κ3) is 3.30. The van der Waals surface area contributed by atoms with Crippen LogP contribution in [0.25, 0.3) is 0 Å². The number of carbonyl (C=O) groups excluding carboxylic acids is 1. The first-order valence-corrected chi connectivity index (χ1v) is 7.79. The van der Waals surface area contributed by atoms with E-state index in [1.807, 2.05) is 25.1 Å². The maximum Gasteiger partial charge on any atom is 0.199 e. The van der Waals surface area contributed by atoms with E-state index >= 15 is 0 Å². The number of ketones is 1. The summed E-state index contributed by atoms with van der Waals surface area (Å²) in [6.45, 7) is 1.95. The molecule has 0 saturated heterocycles. The highest BCUT2D eigenvalue weighted by molar-refractivity contribution is 9.11. The Morgan fingerprint density at radius 2 is 1.71 bits per heavy atom. The van der Waals surface area contributed by atoms with E-state index in [0.717, 1.165) is 10.0 Å². The van der Waals surface area contributed by atoms with Gasteiger partial charge in [0.25, 0.3) is 0 Å². The molecule has 0 saturated carbocycles. The van der Waals surface area contributed by atoms with Crippen LogP contribution in [-0.4, -0.2) is 20.0 Å². The number of hydrogen-bond donors (Lipinski definition) is 0. The van der Waals surface area contributed by atoms with Crippen LogP contribution >= 0.6 is 31.9 Å². The Balaban J connectivity index is 2.60. The summed E-state index contributed by atoms with van der Waals surface area (Å²) < 4.78 is 11.9. The van der Waals surface area contributed by atoms with Gasteiger partial charge >= 0.3 is 0 Å². The molecule has 0 fully saturated rings. The predicted molar refractivity (Wildman–Crippen MR) is 89.6 cm³/mol. The number of halogens is 2. The van der Waals surface area contributed by atoms with Crippen LogP contribution in [0.4, 0.5) is 0 Å². The molecule has 0 spiro atoms. The highest BCUT2D eigenvalue weighted by Gasteiger charge is 2.21. The van der Waals surface area contributed by atoms with Gasteiger partial charge in [-0.25, -0.2) is 0 Å². The van der Waals surface area contributed by atoms with Crippen molar-refractivity contribution in [1.82, 2.24) is 0 Å². The monoisotopic (exact) mass is 412 g/mol. The standard InChI is InChI=1S/C16H14Br2O3/c1-9-4-5-12(17)11(6-9)16(19)15-13(18)7-10(20-2)8-14(15)21-3/h4-8H,1-3H3. The minimum absolute atomic E-state index is 0.114. The van der Waals surface area contributed by atoms with Crippen molar-refractivity contribution in [3.05, 3.63) is 56.0 Å². The van der Waals surface area contributed by atoms with E-state index in [0.29, 0.717) is 27.1 Å². The van der Waals surface area contributed by atoms with E-state index < -0.39 is 0 Å². The van der Waals surface area contributed by atoms with Crippen LogP contribution in [0.2, 0.25) is 0 Å². The molecule has 0 aromatic heterocycles. The number of benzene rings is 2. The van der Waals surface area contributed by atoms with E-state index in [9.17, 15) is 4.79 Å². The number of ether oxygens (including phenoxy) is 2. The number of aryl methyl sites for hydroxylation is 1. The summed E-state index contributed by atoms with van der Waals surface area (Å²) in [6, 6.07) is 9.11. The molecule has 2 aromatic rings. The van der Waals surface area contributed by atoms with E-state index in [4.69, 9.17) is 9.47 Å². The van der Waals surface area contributed by atoms with Gasteiger partial charge in [-0.15, -0.1) is 0 Å². The van der Waals surface area contributed by atoms with Crippen LogP contribution in [0.15, 0.2) is 39.3 Å². The Morgan fingerprint density at radius 1 is 1.00 bits per heavy atom. The second-order valence-electron chi connectivity index (χ2n) is 4.50.